The normalized spacial score (nSPS) is 18.2. The molecule has 1 unspecified atom stereocenters. The fourth-order valence-electron chi connectivity index (χ4n) is 2.66. The molecule has 114 valence electrons. The molecule has 22 heavy (non-hydrogen) atoms. The molecule has 0 spiro atoms. The lowest BCUT2D eigenvalue weighted by Crippen LogP contribution is -2.52. The number of halogens is 1. The van der Waals surface area contributed by atoms with Gasteiger partial charge in [-0.25, -0.2) is 0 Å². The Kier molecular flexibility index (Phi) is 4.02. The molecule has 0 radical (unpaired) electrons. The Labute approximate surface area is 136 Å². The van der Waals surface area contributed by atoms with Gasteiger partial charge in [0, 0.05) is 13.1 Å². The van der Waals surface area contributed by atoms with Crippen molar-refractivity contribution in [3.8, 4) is 0 Å². The molecule has 1 aliphatic rings. The molecule has 1 atom stereocenters. The van der Waals surface area contributed by atoms with Gasteiger partial charge in [-0.15, -0.1) is 0 Å². The molecule has 0 saturated carbocycles. The lowest BCUT2D eigenvalue weighted by atomic mass is 9.97. The van der Waals surface area contributed by atoms with Crippen LogP contribution >= 0.6 is 15.9 Å². The predicted molar refractivity (Wildman–Crippen MR) is 84.4 cm³/mol. The second-order valence-electron chi connectivity index (χ2n) is 5.15. The Hall–Kier alpha value is -2.08. The van der Waals surface area contributed by atoms with Crippen LogP contribution in [0.4, 0.5) is 0 Å². The van der Waals surface area contributed by atoms with Gasteiger partial charge in [-0.05, 0) is 46.1 Å². The Balaban J connectivity index is 1.99. The van der Waals surface area contributed by atoms with Crippen LogP contribution in [0.25, 0.3) is 0 Å². The van der Waals surface area contributed by atoms with Crippen LogP contribution in [0.3, 0.4) is 0 Å². The van der Waals surface area contributed by atoms with Gasteiger partial charge in [-0.3, -0.25) is 9.59 Å². The molecule has 1 saturated heterocycles. The topological polar surface area (TPSA) is 62.6 Å². The summed E-state index contributed by atoms with van der Waals surface area (Å²) in [6.07, 6.45) is 0. The molecule has 2 aromatic rings. The number of hydrogen-bond donors (Lipinski definition) is 1. The van der Waals surface area contributed by atoms with Gasteiger partial charge in [0.25, 0.3) is 5.91 Å². The smallest absolute Gasteiger partial charge is 0.290 e. The summed E-state index contributed by atoms with van der Waals surface area (Å²) in [5.74, 6) is -0.228. The monoisotopic (exact) mass is 362 g/mol. The predicted octanol–water partition coefficient (Wildman–Crippen LogP) is 2.66. The van der Waals surface area contributed by atoms with Crippen LogP contribution in [-0.4, -0.2) is 29.8 Å². The van der Waals surface area contributed by atoms with E-state index in [1.165, 1.54) is 0 Å². The molecule has 0 aliphatic carbocycles. The van der Waals surface area contributed by atoms with Gasteiger partial charge >= 0.3 is 0 Å². The lowest BCUT2D eigenvalue weighted by molar-refractivity contribution is -0.128. The first-order valence-electron chi connectivity index (χ1n) is 6.97. The van der Waals surface area contributed by atoms with Crippen LogP contribution < -0.4 is 5.32 Å². The van der Waals surface area contributed by atoms with Crippen LogP contribution in [0.15, 0.2) is 45.5 Å². The van der Waals surface area contributed by atoms with E-state index in [0.717, 1.165) is 11.1 Å². The molecule has 0 bridgehead atoms. The van der Waals surface area contributed by atoms with E-state index in [0.29, 0.717) is 17.8 Å². The summed E-state index contributed by atoms with van der Waals surface area (Å²) in [5.41, 5.74) is 1.81. The first kappa shape index (κ1) is 14.8. The molecular formula is C16H15BrN2O3. The third-order valence-corrected chi connectivity index (χ3v) is 4.17. The second-order valence-corrected chi connectivity index (χ2v) is 5.93. The second kappa shape index (κ2) is 5.96. The van der Waals surface area contributed by atoms with E-state index in [9.17, 15) is 9.59 Å². The Morgan fingerprint density at radius 3 is 2.77 bits per heavy atom. The number of nitrogens with zero attached hydrogens (tertiary/aromatic N) is 1. The van der Waals surface area contributed by atoms with E-state index in [1.54, 1.807) is 17.0 Å². The largest absolute Gasteiger partial charge is 0.444 e. The third-order valence-electron chi connectivity index (χ3n) is 3.74. The van der Waals surface area contributed by atoms with E-state index < -0.39 is 6.04 Å². The van der Waals surface area contributed by atoms with E-state index in [1.807, 2.05) is 31.2 Å². The van der Waals surface area contributed by atoms with Crippen molar-refractivity contribution in [2.24, 2.45) is 0 Å². The maximum atomic E-state index is 12.7. The van der Waals surface area contributed by atoms with Gasteiger partial charge in [-0.1, -0.05) is 24.3 Å². The van der Waals surface area contributed by atoms with Crippen LogP contribution in [0.1, 0.15) is 27.7 Å². The summed E-state index contributed by atoms with van der Waals surface area (Å²) >= 11 is 3.19. The average molecular weight is 363 g/mol. The number of piperazine rings is 1. The molecule has 1 aromatic heterocycles. The summed E-state index contributed by atoms with van der Waals surface area (Å²) < 4.78 is 5.83. The maximum absolute atomic E-state index is 12.7. The molecule has 1 aliphatic heterocycles. The highest BCUT2D eigenvalue weighted by molar-refractivity contribution is 9.10. The fourth-order valence-corrected chi connectivity index (χ4v) is 2.97. The van der Waals surface area contributed by atoms with Crippen molar-refractivity contribution in [3.63, 3.8) is 0 Å². The van der Waals surface area contributed by atoms with Crippen molar-refractivity contribution in [1.29, 1.82) is 0 Å². The number of furan rings is 1. The number of benzene rings is 1. The minimum atomic E-state index is -0.633. The standard InChI is InChI=1S/C16H15BrN2O3/c1-10-4-2-3-5-11(10)14-15(20)18-8-9-19(14)16(21)12-6-7-13(17)22-12/h2-7,14H,8-9H2,1H3,(H,18,20). The number of aryl methyl sites for hydroxylation is 1. The SMILES string of the molecule is Cc1ccccc1C1C(=O)NCCN1C(=O)c1ccc(Br)o1. The first-order valence-corrected chi connectivity index (χ1v) is 7.77. The zero-order valence-electron chi connectivity index (χ0n) is 12.0. The highest BCUT2D eigenvalue weighted by Gasteiger charge is 2.36. The van der Waals surface area contributed by atoms with E-state index in [2.05, 4.69) is 21.2 Å². The number of nitrogens with one attached hydrogen (secondary N) is 1. The fraction of sp³-hybridized carbons (Fsp3) is 0.250. The van der Waals surface area contributed by atoms with Crippen LogP contribution in [0.5, 0.6) is 0 Å². The summed E-state index contributed by atoms with van der Waals surface area (Å²) in [4.78, 5) is 26.6. The Morgan fingerprint density at radius 1 is 1.32 bits per heavy atom. The van der Waals surface area contributed by atoms with Crippen LogP contribution in [0.2, 0.25) is 0 Å². The highest BCUT2D eigenvalue weighted by atomic mass is 79.9. The molecular weight excluding hydrogens is 348 g/mol. The molecule has 2 heterocycles. The van der Waals surface area contributed by atoms with Gasteiger partial charge in [0.2, 0.25) is 5.91 Å². The highest BCUT2D eigenvalue weighted by Crippen LogP contribution is 2.28. The number of hydrogen-bond acceptors (Lipinski definition) is 3. The van der Waals surface area contributed by atoms with Crippen molar-refractivity contribution in [2.75, 3.05) is 13.1 Å². The Morgan fingerprint density at radius 2 is 2.09 bits per heavy atom. The van der Waals surface area contributed by atoms with Gasteiger partial charge in [0.1, 0.15) is 6.04 Å². The van der Waals surface area contributed by atoms with Gasteiger partial charge in [0.15, 0.2) is 10.4 Å². The van der Waals surface area contributed by atoms with Crippen molar-refractivity contribution in [2.45, 2.75) is 13.0 Å². The first-order chi connectivity index (χ1) is 10.6. The van der Waals surface area contributed by atoms with Crippen molar-refractivity contribution in [1.82, 2.24) is 10.2 Å². The minimum absolute atomic E-state index is 0.167. The van der Waals surface area contributed by atoms with E-state index >= 15 is 0 Å². The van der Waals surface area contributed by atoms with Crippen molar-refractivity contribution >= 4 is 27.7 Å². The van der Waals surface area contributed by atoms with Crippen LogP contribution in [0, 0.1) is 6.92 Å². The number of amides is 2. The van der Waals surface area contributed by atoms with E-state index in [4.69, 9.17) is 4.42 Å². The minimum Gasteiger partial charge on any atom is -0.444 e. The molecule has 5 nitrogen and oxygen atoms in total. The molecule has 1 N–H and O–H groups in total. The van der Waals surface area contributed by atoms with E-state index in [-0.39, 0.29) is 17.6 Å². The third kappa shape index (κ3) is 2.66. The van der Waals surface area contributed by atoms with Gasteiger partial charge in [-0.2, -0.15) is 0 Å². The summed E-state index contributed by atoms with van der Waals surface area (Å²) in [5, 5.41) is 2.83. The van der Waals surface area contributed by atoms with Crippen LogP contribution in [-0.2, 0) is 4.79 Å². The maximum Gasteiger partial charge on any atom is 0.290 e. The van der Waals surface area contributed by atoms with Crippen molar-refractivity contribution in [3.05, 3.63) is 58.0 Å². The summed E-state index contributed by atoms with van der Waals surface area (Å²) in [6, 6.07) is 10.2. The number of carbonyl (C=O) groups is 2. The molecule has 1 aromatic carbocycles. The Bertz CT molecular complexity index is 726. The average Bonchev–Trinajstić information content (AvgIpc) is 2.94. The number of rotatable bonds is 2. The van der Waals surface area contributed by atoms with Crippen molar-refractivity contribution < 1.29 is 14.0 Å². The zero-order valence-corrected chi connectivity index (χ0v) is 13.6. The zero-order chi connectivity index (χ0) is 15.7. The molecule has 2 amide bonds. The molecule has 3 rings (SSSR count). The molecule has 1 fully saturated rings. The summed E-state index contributed by atoms with van der Waals surface area (Å²) in [7, 11) is 0. The number of carbonyl (C=O) groups excluding carboxylic acids is 2. The quantitative estimate of drug-likeness (QED) is 0.893. The lowest BCUT2D eigenvalue weighted by Gasteiger charge is -2.35. The van der Waals surface area contributed by atoms with Gasteiger partial charge in [0.05, 0.1) is 0 Å². The summed E-state index contributed by atoms with van der Waals surface area (Å²) in [6.45, 7) is 2.82. The van der Waals surface area contributed by atoms with Gasteiger partial charge < -0.3 is 14.6 Å². The molecule has 6 heteroatoms.